The summed E-state index contributed by atoms with van der Waals surface area (Å²) in [5.41, 5.74) is 1.85. The monoisotopic (exact) mass is 313 g/mol. The van der Waals surface area contributed by atoms with Gasteiger partial charge in [-0.25, -0.2) is 4.79 Å². The number of amides is 2. The third-order valence-corrected chi connectivity index (χ3v) is 3.94. The predicted octanol–water partition coefficient (Wildman–Crippen LogP) is 3.69. The minimum Gasteiger partial charge on any atom is -0.319 e. The van der Waals surface area contributed by atoms with Crippen LogP contribution in [0.4, 0.5) is 10.5 Å². The van der Waals surface area contributed by atoms with E-state index in [9.17, 15) is 4.79 Å². The zero-order chi connectivity index (χ0) is 15.4. The predicted molar refractivity (Wildman–Crippen MR) is 89.0 cm³/mol. The van der Waals surface area contributed by atoms with Crippen LogP contribution in [0.3, 0.4) is 0 Å². The molecule has 4 nitrogen and oxygen atoms in total. The minimum atomic E-state index is 0.0232. The first-order valence-electron chi connectivity index (χ1n) is 7.13. The summed E-state index contributed by atoms with van der Waals surface area (Å²) in [5, 5.41) is 0.713. The molecule has 0 N–H and O–H groups in total. The molecule has 0 aliphatic carbocycles. The number of rotatable bonds is 4. The van der Waals surface area contributed by atoms with Gasteiger partial charge in [0.25, 0.3) is 0 Å². The Hall–Kier alpha value is -2.33. The van der Waals surface area contributed by atoms with E-state index in [-0.39, 0.29) is 6.03 Å². The second-order valence-electron chi connectivity index (χ2n) is 5.01. The maximum Gasteiger partial charge on any atom is 0.324 e. The number of aromatic nitrogens is 1. The molecule has 1 aliphatic heterocycles. The van der Waals surface area contributed by atoms with E-state index in [0.717, 1.165) is 11.3 Å². The molecular weight excluding hydrogens is 298 g/mol. The Morgan fingerprint density at radius 3 is 2.68 bits per heavy atom. The highest BCUT2D eigenvalue weighted by Crippen LogP contribution is 2.20. The summed E-state index contributed by atoms with van der Waals surface area (Å²) < 4.78 is 0. The average Bonchev–Trinajstić information content (AvgIpc) is 2.91. The number of carbonyl (C=O) groups excluding carboxylic acids is 1. The van der Waals surface area contributed by atoms with Gasteiger partial charge in [0.05, 0.1) is 0 Å². The highest BCUT2D eigenvalue weighted by molar-refractivity contribution is 6.32. The second-order valence-corrected chi connectivity index (χ2v) is 5.42. The van der Waals surface area contributed by atoms with Gasteiger partial charge < -0.3 is 4.90 Å². The molecule has 112 valence electrons. The molecule has 0 atom stereocenters. The lowest BCUT2D eigenvalue weighted by molar-refractivity contribution is 0.225. The molecule has 1 saturated heterocycles. The van der Waals surface area contributed by atoms with Gasteiger partial charge in [0, 0.05) is 42.7 Å². The second kappa shape index (κ2) is 6.62. The Morgan fingerprint density at radius 1 is 1.14 bits per heavy atom. The van der Waals surface area contributed by atoms with Gasteiger partial charge in [-0.2, -0.15) is 0 Å². The summed E-state index contributed by atoms with van der Waals surface area (Å²) in [4.78, 5) is 19.9. The van der Waals surface area contributed by atoms with Crippen LogP contribution in [0.15, 0.2) is 54.9 Å². The Kier molecular flexibility index (Phi) is 4.39. The van der Waals surface area contributed by atoms with Crippen LogP contribution >= 0.6 is 11.6 Å². The largest absolute Gasteiger partial charge is 0.324 e. The third-order valence-electron chi connectivity index (χ3n) is 3.60. The third kappa shape index (κ3) is 3.12. The highest BCUT2D eigenvalue weighted by atomic mass is 35.5. The fourth-order valence-corrected chi connectivity index (χ4v) is 2.63. The van der Waals surface area contributed by atoms with Crippen LogP contribution < -0.4 is 4.90 Å². The lowest BCUT2D eigenvalue weighted by atomic mass is 10.2. The van der Waals surface area contributed by atoms with Crippen molar-refractivity contribution >= 4 is 29.4 Å². The number of hydrogen-bond donors (Lipinski definition) is 0. The zero-order valence-corrected chi connectivity index (χ0v) is 12.8. The lowest BCUT2D eigenvalue weighted by Gasteiger charge is -2.17. The van der Waals surface area contributed by atoms with Crippen molar-refractivity contribution in [2.75, 3.05) is 24.5 Å². The van der Waals surface area contributed by atoms with Crippen LogP contribution in [0.2, 0.25) is 5.02 Å². The molecule has 0 unspecified atom stereocenters. The number of urea groups is 1. The Balaban J connectivity index is 1.63. The molecule has 1 aromatic heterocycles. The SMILES string of the molecule is O=C1N(CC=Cc2ccccc2Cl)CCN1c1ccncc1. The Labute approximate surface area is 134 Å². The van der Waals surface area contributed by atoms with Crippen molar-refractivity contribution in [2.45, 2.75) is 0 Å². The molecule has 0 saturated carbocycles. The van der Waals surface area contributed by atoms with E-state index in [2.05, 4.69) is 4.98 Å². The first-order valence-corrected chi connectivity index (χ1v) is 7.51. The van der Waals surface area contributed by atoms with E-state index in [0.29, 0.717) is 24.7 Å². The first-order chi connectivity index (χ1) is 10.8. The molecule has 0 spiro atoms. The van der Waals surface area contributed by atoms with Gasteiger partial charge >= 0.3 is 6.03 Å². The van der Waals surface area contributed by atoms with Crippen molar-refractivity contribution < 1.29 is 4.79 Å². The summed E-state index contributed by atoms with van der Waals surface area (Å²) in [5.74, 6) is 0. The molecule has 1 aliphatic rings. The van der Waals surface area contributed by atoms with Gasteiger partial charge in [0.15, 0.2) is 0 Å². The van der Waals surface area contributed by atoms with Crippen molar-refractivity contribution in [3.05, 3.63) is 65.5 Å². The minimum absolute atomic E-state index is 0.0232. The number of halogens is 1. The van der Waals surface area contributed by atoms with Gasteiger partial charge in [0.2, 0.25) is 0 Å². The highest BCUT2D eigenvalue weighted by Gasteiger charge is 2.28. The van der Waals surface area contributed by atoms with E-state index in [1.54, 1.807) is 17.3 Å². The van der Waals surface area contributed by atoms with Crippen molar-refractivity contribution in [1.29, 1.82) is 0 Å². The van der Waals surface area contributed by atoms with Crippen molar-refractivity contribution in [2.24, 2.45) is 0 Å². The zero-order valence-electron chi connectivity index (χ0n) is 12.0. The van der Waals surface area contributed by atoms with Gasteiger partial charge in [-0.3, -0.25) is 9.88 Å². The van der Waals surface area contributed by atoms with Crippen molar-refractivity contribution in [3.63, 3.8) is 0 Å². The van der Waals surface area contributed by atoms with E-state index >= 15 is 0 Å². The van der Waals surface area contributed by atoms with Crippen LogP contribution in [0.25, 0.3) is 6.08 Å². The molecule has 1 aromatic carbocycles. The fourth-order valence-electron chi connectivity index (χ4n) is 2.43. The van der Waals surface area contributed by atoms with Crippen molar-refractivity contribution in [1.82, 2.24) is 9.88 Å². The van der Waals surface area contributed by atoms with E-state index in [4.69, 9.17) is 11.6 Å². The van der Waals surface area contributed by atoms with Gasteiger partial charge in [-0.1, -0.05) is 42.0 Å². The maximum atomic E-state index is 12.4. The summed E-state index contributed by atoms with van der Waals surface area (Å²) in [6.07, 6.45) is 7.31. The number of benzene rings is 1. The molecule has 3 rings (SSSR count). The van der Waals surface area contributed by atoms with Gasteiger partial charge in [-0.05, 0) is 23.8 Å². The normalized spacial score (nSPS) is 15.0. The molecular formula is C17H16ClN3O. The quantitative estimate of drug-likeness (QED) is 0.863. The Bertz CT molecular complexity index is 687. The number of nitrogens with zero attached hydrogens (tertiary/aromatic N) is 3. The number of anilines is 1. The molecule has 2 heterocycles. The van der Waals surface area contributed by atoms with Gasteiger partial charge in [0.1, 0.15) is 0 Å². The van der Waals surface area contributed by atoms with Crippen LogP contribution in [0.1, 0.15) is 5.56 Å². The number of carbonyl (C=O) groups is 1. The van der Waals surface area contributed by atoms with Crippen LogP contribution in [-0.4, -0.2) is 35.5 Å². The number of pyridine rings is 1. The summed E-state index contributed by atoms with van der Waals surface area (Å²) >= 11 is 6.11. The van der Waals surface area contributed by atoms with E-state index < -0.39 is 0 Å². The summed E-state index contributed by atoms with van der Waals surface area (Å²) in [7, 11) is 0. The molecule has 1 fully saturated rings. The van der Waals surface area contributed by atoms with Crippen molar-refractivity contribution in [3.8, 4) is 0 Å². The topological polar surface area (TPSA) is 36.4 Å². The maximum absolute atomic E-state index is 12.4. The first kappa shape index (κ1) is 14.6. The fraction of sp³-hybridized carbons (Fsp3) is 0.176. The van der Waals surface area contributed by atoms with Crippen LogP contribution in [-0.2, 0) is 0 Å². The molecule has 0 radical (unpaired) electrons. The number of hydrogen-bond acceptors (Lipinski definition) is 2. The standard InChI is InChI=1S/C17H16ClN3O/c18-16-6-2-1-4-14(16)5-3-11-20-12-13-21(17(20)22)15-7-9-19-10-8-15/h1-10H,11-13H2. The van der Waals surface area contributed by atoms with Crippen LogP contribution in [0.5, 0.6) is 0 Å². The van der Waals surface area contributed by atoms with Crippen LogP contribution in [0, 0.1) is 0 Å². The molecule has 5 heteroatoms. The average molecular weight is 314 g/mol. The molecule has 2 aromatic rings. The lowest BCUT2D eigenvalue weighted by Crippen LogP contribution is -2.31. The smallest absolute Gasteiger partial charge is 0.319 e. The summed E-state index contributed by atoms with van der Waals surface area (Å²) in [6.45, 7) is 1.99. The summed E-state index contributed by atoms with van der Waals surface area (Å²) in [6, 6.07) is 11.4. The molecule has 22 heavy (non-hydrogen) atoms. The van der Waals surface area contributed by atoms with E-state index in [1.807, 2.05) is 53.5 Å². The Morgan fingerprint density at radius 2 is 1.91 bits per heavy atom. The molecule has 0 bridgehead atoms. The van der Waals surface area contributed by atoms with E-state index in [1.165, 1.54) is 0 Å². The molecule has 2 amide bonds. The van der Waals surface area contributed by atoms with Gasteiger partial charge in [-0.15, -0.1) is 0 Å².